The van der Waals surface area contributed by atoms with Crippen LogP contribution in [0.3, 0.4) is 0 Å². The number of fused-ring (bicyclic) bond motifs is 1. The molecule has 11 heavy (non-hydrogen) atoms. The summed E-state index contributed by atoms with van der Waals surface area (Å²) in [5.74, 6) is 0. The van der Waals surface area contributed by atoms with Crippen molar-refractivity contribution in [3.8, 4) is 0 Å². The molecule has 0 aromatic heterocycles. The van der Waals surface area contributed by atoms with Gasteiger partial charge in [-0.05, 0) is 25.7 Å². The van der Waals surface area contributed by atoms with E-state index in [9.17, 15) is 10.2 Å². The fourth-order valence-electron chi connectivity index (χ4n) is 1.74. The molecule has 2 fully saturated rings. The molecule has 4 unspecified atom stereocenters. The highest BCUT2D eigenvalue weighted by Gasteiger charge is 2.40. The summed E-state index contributed by atoms with van der Waals surface area (Å²) in [6.45, 7) is 0. The lowest BCUT2D eigenvalue weighted by atomic mass is 9.96. The third-order valence-electron chi connectivity index (χ3n) is 2.63. The van der Waals surface area contributed by atoms with E-state index >= 15 is 0 Å². The predicted molar refractivity (Wildman–Crippen MR) is 39.1 cm³/mol. The average Bonchev–Trinajstić information content (AvgIpc) is 2.72. The van der Waals surface area contributed by atoms with E-state index in [4.69, 9.17) is 4.74 Å². The lowest BCUT2D eigenvalue weighted by Crippen LogP contribution is -2.28. The first kappa shape index (κ1) is 7.53. The SMILES string of the molecule is OC1CCC2OC2CCC1O. The van der Waals surface area contributed by atoms with Gasteiger partial charge in [-0.25, -0.2) is 0 Å². The molecule has 0 bridgehead atoms. The Morgan fingerprint density at radius 1 is 0.818 bits per heavy atom. The van der Waals surface area contributed by atoms with Gasteiger partial charge in [-0.2, -0.15) is 0 Å². The van der Waals surface area contributed by atoms with Crippen molar-refractivity contribution in [1.82, 2.24) is 0 Å². The number of aliphatic hydroxyl groups excluding tert-OH is 2. The highest BCUT2D eigenvalue weighted by atomic mass is 16.6. The van der Waals surface area contributed by atoms with Gasteiger partial charge in [0.25, 0.3) is 0 Å². The Bertz CT molecular complexity index is 132. The van der Waals surface area contributed by atoms with Crippen molar-refractivity contribution in [3.63, 3.8) is 0 Å². The second-order valence-electron chi connectivity index (χ2n) is 3.50. The Kier molecular flexibility index (Phi) is 1.87. The van der Waals surface area contributed by atoms with Crippen molar-refractivity contribution >= 4 is 0 Å². The molecule has 2 rings (SSSR count). The molecule has 0 amide bonds. The summed E-state index contributed by atoms with van der Waals surface area (Å²) in [7, 11) is 0. The van der Waals surface area contributed by atoms with Crippen LogP contribution in [0.5, 0.6) is 0 Å². The van der Waals surface area contributed by atoms with Crippen molar-refractivity contribution < 1.29 is 14.9 Å². The zero-order chi connectivity index (χ0) is 7.84. The zero-order valence-corrected chi connectivity index (χ0v) is 6.44. The number of hydrogen-bond donors (Lipinski definition) is 2. The zero-order valence-electron chi connectivity index (χ0n) is 6.44. The third-order valence-corrected chi connectivity index (χ3v) is 2.63. The van der Waals surface area contributed by atoms with Gasteiger partial charge in [0, 0.05) is 0 Å². The molecule has 0 aromatic carbocycles. The summed E-state index contributed by atoms with van der Waals surface area (Å²) in [6, 6.07) is 0. The summed E-state index contributed by atoms with van der Waals surface area (Å²) in [6.07, 6.45) is 2.89. The van der Waals surface area contributed by atoms with Crippen molar-refractivity contribution in [2.24, 2.45) is 0 Å². The fraction of sp³-hybridized carbons (Fsp3) is 1.00. The van der Waals surface area contributed by atoms with Gasteiger partial charge in [0.2, 0.25) is 0 Å². The predicted octanol–water partition coefficient (Wildman–Crippen LogP) is 0.0496. The van der Waals surface area contributed by atoms with Crippen LogP contribution < -0.4 is 0 Å². The maximum atomic E-state index is 9.31. The van der Waals surface area contributed by atoms with Crippen LogP contribution in [0.2, 0.25) is 0 Å². The van der Waals surface area contributed by atoms with Gasteiger partial charge in [-0.1, -0.05) is 0 Å². The van der Waals surface area contributed by atoms with Crippen molar-refractivity contribution in [2.75, 3.05) is 0 Å². The summed E-state index contributed by atoms with van der Waals surface area (Å²) in [5, 5.41) is 18.6. The van der Waals surface area contributed by atoms with E-state index in [1.807, 2.05) is 0 Å². The molecule has 4 atom stereocenters. The summed E-state index contributed by atoms with van der Waals surface area (Å²) in [4.78, 5) is 0. The second kappa shape index (κ2) is 2.73. The molecule has 1 saturated carbocycles. The minimum Gasteiger partial charge on any atom is -0.390 e. The standard InChI is InChI=1S/C8H14O3/c9-5-1-3-7-8(11-7)4-2-6(5)10/h5-10H,1-4H2. The first-order valence-corrected chi connectivity index (χ1v) is 4.29. The molecule has 3 heteroatoms. The van der Waals surface area contributed by atoms with E-state index in [0.29, 0.717) is 25.0 Å². The third kappa shape index (κ3) is 1.55. The molecule has 0 spiro atoms. The van der Waals surface area contributed by atoms with Crippen LogP contribution in [0.25, 0.3) is 0 Å². The Morgan fingerprint density at radius 3 is 1.73 bits per heavy atom. The number of aliphatic hydroxyl groups is 2. The Morgan fingerprint density at radius 2 is 1.27 bits per heavy atom. The highest BCUT2D eigenvalue weighted by Crippen LogP contribution is 2.34. The molecular weight excluding hydrogens is 144 g/mol. The van der Waals surface area contributed by atoms with E-state index in [2.05, 4.69) is 0 Å². The van der Waals surface area contributed by atoms with Gasteiger partial charge in [-0.15, -0.1) is 0 Å². The molecule has 1 aliphatic heterocycles. The molecule has 2 N–H and O–H groups in total. The molecule has 64 valence electrons. The minimum absolute atomic E-state index is 0.386. The average molecular weight is 158 g/mol. The molecule has 1 saturated heterocycles. The van der Waals surface area contributed by atoms with Crippen LogP contribution in [-0.2, 0) is 4.74 Å². The van der Waals surface area contributed by atoms with Crippen LogP contribution in [0.1, 0.15) is 25.7 Å². The first-order valence-electron chi connectivity index (χ1n) is 4.29. The van der Waals surface area contributed by atoms with Gasteiger partial charge < -0.3 is 14.9 Å². The van der Waals surface area contributed by atoms with E-state index in [1.54, 1.807) is 0 Å². The van der Waals surface area contributed by atoms with Gasteiger partial charge in [0.15, 0.2) is 0 Å². The number of epoxide rings is 1. The van der Waals surface area contributed by atoms with Crippen molar-refractivity contribution in [2.45, 2.75) is 50.1 Å². The topological polar surface area (TPSA) is 53.0 Å². The Labute approximate surface area is 66.0 Å². The fourth-order valence-corrected chi connectivity index (χ4v) is 1.74. The van der Waals surface area contributed by atoms with E-state index in [-0.39, 0.29) is 0 Å². The minimum atomic E-state index is -0.528. The summed E-state index contributed by atoms with van der Waals surface area (Å²) in [5.41, 5.74) is 0. The molecular formula is C8H14O3. The van der Waals surface area contributed by atoms with Crippen LogP contribution in [0.15, 0.2) is 0 Å². The van der Waals surface area contributed by atoms with E-state index in [1.165, 1.54) is 0 Å². The molecule has 2 aliphatic rings. The Hall–Kier alpha value is -0.120. The van der Waals surface area contributed by atoms with Crippen LogP contribution in [0, 0.1) is 0 Å². The molecule has 1 heterocycles. The highest BCUT2D eigenvalue weighted by molar-refractivity contribution is 4.89. The molecule has 0 aromatic rings. The summed E-state index contributed by atoms with van der Waals surface area (Å²) < 4.78 is 5.31. The summed E-state index contributed by atoms with van der Waals surface area (Å²) >= 11 is 0. The molecule has 3 nitrogen and oxygen atoms in total. The number of hydrogen-bond acceptors (Lipinski definition) is 3. The van der Waals surface area contributed by atoms with Crippen molar-refractivity contribution in [3.05, 3.63) is 0 Å². The van der Waals surface area contributed by atoms with Crippen molar-refractivity contribution in [1.29, 1.82) is 0 Å². The molecule has 0 radical (unpaired) electrons. The monoisotopic (exact) mass is 158 g/mol. The quantitative estimate of drug-likeness (QED) is 0.490. The van der Waals surface area contributed by atoms with Crippen LogP contribution >= 0.6 is 0 Å². The maximum Gasteiger partial charge on any atom is 0.0842 e. The maximum absolute atomic E-state index is 9.31. The second-order valence-corrected chi connectivity index (χ2v) is 3.50. The Balaban J connectivity index is 1.89. The normalized spacial score (nSPS) is 50.7. The first-order chi connectivity index (χ1) is 5.27. The van der Waals surface area contributed by atoms with Crippen LogP contribution in [0.4, 0.5) is 0 Å². The number of ether oxygens (including phenoxy) is 1. The lowest BCUT2D eigenvalue weighted by Gasteiger charge is -2.18. The smallest absolute Gasteiger partial charge is 0.0842 e. The van der Waals surface area contributed by atoms with Gasteiger partial charge in [0.1, 0.15) is 0 Å². The molecule has 1 aliphatic carbocycles. The van der Waals surface area contributed by atoms with Crippen LogP contribution in [-0.4, -0.2) is 34.6 Å². The van der Waals surface area contributed by atoms with E-state index in [0.717, 1.165) is 12.8 Å². The number of rotatable bonds is 0. The largest absolute Gasteiger partial charge is 0.390 e. The van der Waals surface area contributed by atoms with Gasteiger partial charge in [-0.3, -0.25) is 0 Å². The van der Waals surface area contributed by atoms with Gasteiger partial charge >= 0.3 is 0 Å². The van der Waals surface area contributed by atoms with E-state index < -0.39 is 12.2 Å². The lowest BCUT2D eigenvalue weighted by molar-refractivity contribution is 0.00529. The van der Waals surface area contributed by atoms with Gasteiger partial charge in [0.05, 0.1) is 24.4 Å².